The molecule has 1 aromatic rings. The molecule has 0 spiro atoms. The number of halogens is 1. The molecule has 1 N–H and O–H groups in total. The molecule has 106 valence electrons. The van der Waals surface area contributed by atoms with Crippen LogP contribution in [0.15, 0.2) is 16.6 Å². The molecule has 1 unspecified atom stereocenters. The summed E-state index contributed by atoms with van der Waals surface area (Å²) in [4.78, 5) is 2.52. The van der Waals surface area contributed by atoms with Crippen molar-refractivity contribution >= 4 is 15.9 Å². The first-order valence-electron chi connectivity index (χ1n) is 6.91. The fraction of sp³-hybridized carbons (Fsp3) is 0.600. The van der Waals surface area contributed by atoms with Crippen molar-refractivity contribution in [3.63, 3.8) is 0 Å². The van der Waals surface area contributed by atoms with Gasteiger partial charge in [-0.05, 0) is 59.9 Å². The third-order valence-electron chi connectivity index (χ3n) is 3.88. The molecule has 0 aromatic heterocycles. The number of ether oxygens (including phenoxy) is 1. The Balaban J connectivity index is 2.15. The molecule has 0 aliphatic carbocycles. The number of benzene rings is 1. The third kappa shape index (κ3) is 3.63. The minimum atomic E-state index is 0.176. The molecular weight excluding hydrogens is 306 g/mol. The van der Waals surface area contributed by atoms with Crippen LogP contribution in [0.1, 0.15) is 38.2 Å². The Kier molecular flexibility index (Phi) is 5.11. The van der Waals surface area contributed by atoms with Gasteiger partial charge in [-0.2, -0.15) is 0 Å². The van der Waals surface area contributed by atoms with Crippen molar-refractivity contribution in [1.82, 2.24) is 4.90 Å². The summed E-state index contributed by atoms with van der Waals surface area (Å²) in [6.07, 6.45) is 5.22. The highest BCUT2D eigenvalue weighted by molar-refractivity contribution is 9.10. The smallest absolute Gasteiger partial charge is 0.172 e. The number of phenols is 1. The van der Waals surface area contributed by atoms with Crippen LogP contribution < -0.4 is 4.74 Å². The van der Waals surface area contributed by atoms with Crippen LogP contribution >= 0.6 is 15.9 Å². The van der Waals surface area contributed by atoms with Crippen molar-refractivity contribution in [2.75, 3.05) is 13.7 Å². The second-order valence-corrected chi connectivity index (χ2v) is 6.15. The van der Waals surface area contributed by atoms with Crippen LogP contribution in [0.4, 0.5) is 0 Å². The van der Waals surface area contributed by atoms with Gasteiger partial charge in [-0.1, -0.05) is 12.8 Å². The van der Waals surface area contributed by atoms with Gasteiger partial charge in [0.25, 0.3) is 0 Å². The molecule has 1 heterocycles. The molecule has 1 atom stereocenters. The van der Waals surface area contributed by atoms with Crippen LogP contribution in [0.5, 0.6) is 11.5 Å². The summed E-state index contributed by atoms with van der Waals surface area (Å²) < 4.78 is 5.91. The number of methoxy groups -OCH3 is 1. The first-order chi connectivity index (χ1) is 9.11. The maximum absolute atomic E-state index is 9.84. The topological polar surface area (TPSA) is 32.7 Å². The average molecular weight is 328 g/mol. The van der Waals surface area contributed by atoms with E-state index in [0.29, 0.717) is 16.3 Å². The Morgan fingerprint density at radius 3 is 2.89 bits per heavy atom. The van der Waals surface area contributed by atoms with E-state index in [2.05, 4.69) is 27.8 Å². The summed E-state index contributed by atoms with van der Waals surface area (Å²) in [5, 5.41) is 9.84. The zero-order chi connectivity index (χ0) is 13.8. The van der Waals surface area contributed by atoms with Crippen molar-refractivity contribution < 1.29 is 9.84 Å². The van der Waals surface area contributed by atoms with Gasteiger partial charge < -0.3 is 9.84 Å². The monoisotopic (exact) mass is 327 g/mol. The van der Waals surface area contributed by atoms with Crippen molar-refractivity contribution in [2.45, 2.75) is 45.2 Å². The van der Waals surface area contributed by atoms with Gasteiger partial charge in [0.05, 0.1) is 11.6 Å². The maximum Gasteiger partial charge on any atom is 0.172 e. The van der Waals surface area contributed by atoms with E-state index in [1.54, 1.807) is 7.11 Å². The van der Waals surface area contributed by atoms with Gasteiger partial charge in [0, 0.05) is 12.6 Å². The Morgan fingerprint density at radius 1 is 1.37 bits per heavy atom. The Labute approximate surface area is 123 Å². The first-order valence-corrected chi connectivity index (χ1v) is 7.70. The van der Waals surface area contributed by atoms with Gasteiger partial charge in [0.1, 0.15) is 0 Å². The lowest BCUT2D eigenvalue weighted by Crippen LogP contribution is -2.31. The predicted molar refractivity (Wildman–Crippen MR) is 80.7 cm³/mol. The van der Waals surface area contributed by atoms with Crippen molar-refractivity contribution in [3.05, 3.63) is 22.2 Å². The van der Waals surface area contributed by atoms with Gasteiger partial charge in [-0.15, -0.1) is 0 Å². The quantitative estimate of drug-likeness (QED) is 0.913. The fourth-order valence-corrected chi connectivity index (χ4v) is 3.17. The van der Waals surface area contributed by atoms with E-state index >= 15 is 0 Å². The average Bonchev–Trinajstić information content (AvgIpc) is 2.59. The summed E-state index contributed by atoms with van der Waals surface area (Å²) in [5.74, 6) is 0.710. The van der Waals surface area contributed by atoms with Crippen LogP contribution in [-0.2, 0) is 6.54 Å². The summed E-state index contributed by atoms with van der Waals surface area (Å²) in [5.41, 5.74) is 1.18. The lowest BCUT2D eigenvalue weighted by Gasteiger charge is -2.27. The Morgan fingerprint density at radius 2 is 2.16 bits per heavy atom. The SMILES string of the molecule is COc1cc(CN2CCCCCC2C)cc(Br)c1O. The lowest BCUT2D eigenvalue weighted by atomic mass is 10.1. The Bertz CT molecular complexity index is 436. The largest absolute Gasteiger partial charge is 0.503 e. The summed E-state index contributed by atoms with van der Waals surface area (Å²) in [6.45, 7) is 4.37. The second-order valence-electron chi connectivity index (χ2n) is 5.30. The molecule has 1 aliphatic heterocycles. The van der Waals surface area contributed by atoms with Gasteiger partial charge in [-0.3, -0.25) is 4.90 Å². The van der Waals surface area contributed by atoms with Crippen molar-refractivity contribution in [1.29, 1.82) is 0 Å². The van der Waals surface area contributed by atoms with E-state index in [1.807, 2.05) is 12.1 Å². The highest BCUT2D eigenvalue weighted by Gasteiger charge is 2.18. The van der Waals surface area contributed by atoms with E-state index in [0.717, 1.165) is 13.1 Å². The van der Waals surface area contributed by atoms with Gasteiger partial charge in [0.15, 0.2) is 11.5 Å². The summed E-state index contributed by atoms with van der Waals surface area (Å²) >= 11 is 3.38. The molecule has 0 amide bonds. The normalized spacial score (nSPS) is 21.1. The Hall–Kier alpha value is -0.740. The zero-order valence-electron chi connectivity index (χ0n) is 11.7. The van der Waals surface area contributed by atoms with E-state index < -0.39 is 0 Å². The second kappa shape index (κ2) is 6.62. The minimum absolute atomic E-state index is 0.176. The van der Waals surface area contributed by atoms with Gasteiger partial charge in [0.2, 0.25) is 0 Å². The van der Waals surface area contributed by atoms with Crippen LogP contribution in [0.3, 0.4) is 0 Å². The predicted octanol–water partition coefficient (Wildman–Crippen LogP) is 3.93. The molecule has 1 saturated heterocycles. The standard InChI is InChI=1S/C15H22BrNO2/c1-11-6-4-3-5-7-17(11)10-12-8-13(16)15(18)14(9-12)19-2/h8-9,11,18H,3-7,10H2,1-2H3. The molecule has 3 nitrogen and oxygen atoms in total. The van der Waals surface area contributed by atoms with E-state index in [9.17, 15) is 5.11 Å². The summed E-state index contributed by atoms with van der Waals surface area (Å²) in [6, 6.07) is 4.54. The summed E-state index contributed by atoms with van der Waals surface area (Å²) in [7, 11) is 1.58. The van der Waals surface area contributed by atoms with Crippen molar-refractivity contribution in [3.8, 4) is 11.5 Å². The van der Waals surface area contributed by atoms with Crippen LogP contribution in [0.2, 0.25) is 0 Å². The van der Waals surface area contributed by atoms with E-state index in [4.69, 9.17) is 4.74 Å². The van der Waals surface area contributed by atoms with Crippen molar-refractivity contribution in [2.24, 2.45) is 0 Å². The van der Waals surface area contributed by atoms with Crippen LogP contribution in [0.25, 0.3) is 0 Å². The molecule has 19 heavy (non-hydrogen) atoms. The minimum Gasteiger partial charge on any atom is -0.503 e. The zero-order valence-corrected chi connectivity index (χ0v) is 13.2. The number of phenolic OH excluding ortho intramolecular Hbond substituents is 1. The fourth-order valence-electron chi connectivity index (χ4n) is 2.68. The number of hydrogen-bond acceptors (Lipinski definition) is 3. The molecule has 0 radical (unpaired) electrons. The van der Waals surface area contributed by atoms with E-state index in [1.165, 1.54) is 31.2 Å². The molecular formula is C15H22BrNO2. The number of nitrogens with zero attached hydrogens (tertiary/aromatic N) is 1. The third-order valence-corrected chi connectivity index (χ3v) is 4.49. The van der Waals surface area contributed by atoms with Crippen LogP contribution in [0, 0.1) is 0 Å². The molecule has 0 saturated carbocycles. The number of aromatic hydroxyl groups is 1. The lowest BCUT2D eigenvalue weighted by molar-refractivity contribution is 0.204. The number of likely N-dealkylation sites (tertiary alicyclic amines) is 1. The maximum atomic E-state index is 9.84. The molecule has 1 fully saturated rings. The van der Waals surface area contributed by atoms with Gasteiger partial charge in [-0.25, -0.2) is 0 Å². The number of hydrogen-bond donors (Lipinski definition) is 1. The van der Waals surface area contributed by atoms with E-state index in [-0.39, 0.29) is 5.75 Å². The highest BCUT2D eigenvalue weighted by atomic mass is 79.9. The van der Waals surface area contributed by atoms with Gasteiger partial charge >= 0.3 is 0 Å². The molecule has 2 rings (SSSR count). The molecule has 4 heteroatoms. The molecule has 1 aromatic carbocycles. The van der Waals surface area contributed by atoms with Crippen LogP contribution in [-0.4, -0.2) is 29.7 Å². The first kappa shape index (κ1) is 14.7. The number of rotatable bonds is 3. The molecule has 0 bridgehead atoms. The molecule has 1 aliphatic rings. The highest BCUT2D eigenvalue weighted by Crippen LogP contribution is 2.35.